The van der Waals surface area contributed by atoms with Crippen LogP contribution in [0.5, 0.6) is 0 Å². The molecular formula is C36H37N5O9. The van der Waals surface area contributed by atoms with Gasteiger partial charge in [0.2, 0.25) is 5.91 Å². The van der Waals surface area contributed by atoms with Crippen molar-refractivity contribution in [2.75, 3.05) is 19.0 Å². The van der Waals surface area contributed by atoms with Crippen molar-refractivity contribution in [3.8, 4) is 11.1 Å². The number of carbonyl (C=O) groups is 4. The predicted molar refractivity (Wildman–Crippen MR) is 183 cm³/mol. The van der Waals surface area contributed by atoms with Gasteiger partial charge in [-0.15, -0.1) is 0 Å². The Bertz CT molecular complexity index is 1860. The molecule has 3 N–H and O–H groups in total. The van der Waals surface area contributed by atoms with Gasteiger partial charge >= 0.3 is 18.2 Å². The lowest BCUT2D eigenvalue weighted by Gasteiger charge is -2.24. The smallest absolute Gasteiger partial charge is 0.408 e. The van der Waals surface area contributed by atoms with Crippen LogP contribution in [0.4, 0.5) is 21.0 Å². The second kappa shape index (κ2) is 16.7. The Hall–Kier alpha value is -6.31. The maximum Gasteiger partial charge on any atom is 0.408 e. The van der Waals surface area contributed by atoms with Gasteiger partial charge in [-0.1, -0.05) is 42.5 Å². The maximum atomic E-state index is 12.9. The third kappa shape index (κ3) is 10.9. The van der Waals surface area contributed by atoms with Gasteiger partial charge < -0.3 is 30.2 Å². The molecule has 1 atom stereocenters. The molecule has 0 bridgehead atoms. The van der Waals surface area contributed by atoms with Crippen LogP contribution >= 0.6 is 0 Å². The van der Waals surface area contributed by atoms with Crippen LogP contribution in [0.2, 0.25) is 0 Å². The lowest BCUT2D eigenvalue weighted by atomic mass is 9.97. The van der Waals surface area contributed by atoms with Crippen molar-refractivity contribution in [2.45, 2.75) is 45.4 Å². The van der Waals surface area contributed by atoms with Gasteiger partial charge in [0.15, 0.2) is 0 Å². The quantitative estimate of drug-likeness (QED) is 0.0680. The van der Waals surface area contributed by atoms with Crippen molar-refractivity contribution in [3.05, 3.63) is 124 Å². The molecule has 4 rings (SSSR count). The number of nitrogens with one attached hydrogen (secondary N) is 3. The van der Waals surface area contributed by atoms with E-state index in [-0.39, 0.29) is 24.4 Å². The minimum absolute atomic E-state index is 0.00812. The summed E-state index contributed by atoms with van der Waals surface area (Å²) in [6.45, 7) is 4.73. The van der Waals surface area contributed by atoms with E-state index in [1.807, 2.05) is 6.07 Å². The second-order valence-electron chi connectivity index (χ2n) is 12.0. The third-order valence-corrected chi connectivity index (χ3v) is 7.02. The predicted octanol–water partition coefficient (Wildman–Crippen LogP) is 6.12. The number of aromatic nitrogens is 1. The topological polar surface area (TPSA) is 188 Å². The monoisotopic (exact) mass is 683 g/mol. The van der Waals surface area contributed by atoms with E-state index in [4.69, 9.17) is 14.2 Å². The highest BCUT2D eigenvalue weighted by Gasteiger charge is 2.24. The van der Waals surface area contributed by atoms with Crippen LogP contribution in [0.3, 0.4) is 0 Å². The Morgan fingerprint density at radius 3 is 2.34 bits per heavy atom. The zero-order valence-corrected chi connectivity index (χ0v) is 27.9. The molecule has 4 aromatic rings. The van der Waals surface area contributed by atoms with Crippen LogP contribution in [0.25, 0.3) is 11.1 Å². The largest absolute Gasteiger partial charge is 0.465 e. The Balaban J connectivity index is 1.59. The lowest BCUT2D eigenvalue weighted by Crippen LogP contribution is -2.36. The number of ether oxygens (including phenoxy) is 3. The number of pyridine rings is 1. The molecule has 0 aliphatic carbocycles. The summed E-state index contributed by atoms with van der Waals surface area (Å²) in [5.41, 5.74) is 2.14. The normalized spacial score (nSPS) is 11.4. The standard InChI is InChI=1S/C36H37N5O9/c1-36(2,3)50-35(45)40-31(18-24-11-8-12-26(17-24)33(43)48-4)30-19-25(15-16-37-30)28-14-13-27(41(46)47)20-29(28)39-32(42)21-38-34(44)49-22-23-9-6-5-7-10-23/h5-17,19-20,31H,18,21-22H2,1-4H3,(H,38,44)(H,39,42)(H,40,45). The molecule has 1 aromatic heterocycles. The van der Waals surface area contributed by atoms with Crippen LogP contribution in [0.15, 0.2) is 91.1 Å². The summed E-state index contributed by atoms with van der Waals surface area (Å²) in [5.74, 6) is -1.18. The summed E-state index contributed by atoms with van der Waals surface area (Å²) in [7, 11) is 1.28. The van der Waals surface area contributed by atoms with Gasteiger partial charge in [0.25, 0.3) is 5.69 Å². The van der Waals surface area contributed by atoms with Gasteiger partial charge in [0, 0.05) is 23.9 Å². The number of methoxy groups -OCH3 is 1. The molecule has 0 aliphatic heterocycles. The summed E-state index contributed by atoms with van der Waals surface area (Å²) < 4.78 is 15.5. The van der Waals surface area contributed by atoms with Crippen molar-refractivity contribution < 1.29 is 38.3 Å². The van der Waals surface area contributed by atoms with Crippen LogP contribution in [-0.2, 0) is 32.0 Å². The molecule has 50 heavy (non-hydrogen) atoms. The van der Waals surface area contributed by atoms with E-state index in [2.05, 4.69) is 20.9 Å². The van der Waals surface area contributed by atoms with Gasteiger partial charge in [0.1, 0.15) is 18.8 Å². The number of carbonyl (C=O) groups excluding carboxylic acids is 4. The third-order valence-electron chi connectivity index (χ3n) is 7.02. The van der Waals surface area contributed by atoms with E-state index in [9.17, 15) is 29.3 Å². The number of hydrogen-bond donors (Lipinski definition) is 3. The number of benzene rings is 3. The number of esters is 1. The summed E-state index contributed by atoms with van der Waals surface area (Å²) in [4.78, 5) is 65.7. The molecule has 14 heteroatoms. The first-order valence-corrected chi connectivity index (χ1v) is 15.5. The summed E-state index contributed by atoms with van der Waals surface area (Å²) >= 11 is 0. The van der Waals surface area contributed by atoms with E-state index in [0.29, 0.717) is 27.9 Å². The van der Waals surface area contributed by atoms with Crippen LogP contribution in [-0.4, -0.2) is 53.2 Å². The fourth-order valence-electron chi connectivity index (χ4n) is 4.79. The minimum Gasteiger partial charge on any atom is -0.465 e. The van der Waals surface area contributed by atoms with Crippen molar-refractivity contribution in [2.24, 2.45) is 0 Å². The number of amides is 3. The highest BCUT2D eigenvalue weighted by molar-refractivity contribution is 5.98. The number of nitrogens with zero attached hydrogens (tertiary/aromatic N) is 2. The van der Waals surface area contributed by atoms with Crippen molar-refractivity contribution in [1.82, 2.24) is 15.6 Å². The van der Waals surface area contributed by atoms with Gasteiger partial charge in [-0.3, -0.25) is 19.9 Å². The first-order valence-electron chi connectivity index (χ1n) is 15.5. The van der Waals surface area contributed by atoms with E-state index >= 15 is 0 Å². The molecule has 0 saturated carbocycles. The number of non-ortho nitro benzene ring substituents is 1. The average molecular weight is 684 g/mol. The Kier molecular flexibility index (Phi) is 12.2. The van der Waals surface area contributed by atoms with Crippen molar-refractivity contribution in [3.63, 3.8) is 0 Å². The molecule has 0 radical (unpaired) electrons. The summed E-state index contributed by atoms with van der Waals surface area (Å²) in [5, 5.41) is 19.5. The van der Waals surface area contributed by atoms with Crippen molar-refractivity contribution >= 4 is 35.4 Å². The Labute approximate surface area is 288 Å². The molecule has 0 aliphatic rings. The average Bonchev–Trinajstić information content (AvgIpc) is 3.09. The van der Waals surface area contributed by atoms with Gasteiger partial charge in [0.05, 0.1) is 35.0 Å². The zero-order valence-electron chi connectivity index (χ0n) is 27.9. The highest BCUT2D eigenvalue weighted by atomic mass is 16.6. The summed E-state index contributed by atoms with van der Waals surface area (Å²) in [6, 6.07) is 22.3. The molecule has 0 fully saturated rings. The second-order valence-corrected chi connectivity index (χ2v) is 12.0. The minimum atomic E-state index is -0.817. The molecular weight excluding hydrogens is 646 g/mol. The van der Waals surface area contributed by atoms with Gasteiger partial charge in [-0.2, -0.15) is 0 Å². The molecule has 260 valence electrons. The maximum absolute atomic E-state index is 12.9. The number of anilines is 1. The van der Waals surface area contributed by atoms with Gasteiger partial charge in [-0.05, 0) is 74.2 Å². The van der Waals surface area contributed by atoms with Gasteiger partial charge in [-0.25, -0.2) is 14.4 Å². The first kappa shape index (κ1) is 36.5. The Morgan fingerprint density at radius 2 is 1.64 bits per heavy atom. The van der Waals surface area contributed by atoms with E-state index in [1.54, 1.807) is 81.4 Å². The number of nitro groups is 1. The molecule has 0 saturated heterocycles. The number of hydrogen-bond acceptors (Lipinski definition) is 10. The summed E-state index contributed by atoms with van der Waals surface area (Å²) in [6.07, 6.45) is 0.187. The fourth-order valence-corrected chi connectivity index (χ4v) is 4.79. The SMILES string of the molecule is COC(=O)c1cccc(CC(NC(=O)OC(C)(C)C)c2cc(-c3ccc([N+](=O)[O-])cc3NC(=O)CNC(=O)OCc3ccccc3)ccn2)c1. The molecule has 14 nitrogen and oxygen atoms in total. The number of alkyl carbamates (subject to hydrolysis) is 2. The fraction of sp³-hybridized carbons (Fsp3) is 0.250. The van der Waals surface area contributed by atoms with E-state index in [0.717, 1.165) is 5.56 Å². The first-order chi connectivity index (χ1) is 23.8. The Morgan fingerprint density at radius 1 is 0.900 bits per heavy atom. The molecule has 1 heterocycles. The van der Waals surface area contributed by atoms with E-state index < -0.39 is 47.2 Å². The van der Waals surface area contributed by atoms with Crippen LogP contribution in [0, 0.1) is 10.1 Å². The molecule has 3 amide bonds. The van der Waals surface area contributed by atoms with Crippen LogP contribution < -0.4 is 16.0 Å². The van der Waals surface area contributed by atoms with Crippen molar-refractivity contribution in [1.29, 1.82) is 0 Å². The number of nitro benzene ring substituents is 1. The highest BCUT2D eigenvalue weighted by Crippen LogP contribution is 2.33. The van der Waals surface area contributed by atoms with E-state index in [1.165, 1.54) is 31.5 Å². The molecule has 0 spiro atoms. The number of rotatable bonds is 12. The zero-order chi connectivity index (χ0) is 36.3. The lowest BCUT2D eigenvalue weighted by molar-refractivity contribution is -0.384. The molecule has 3 aromatic carbocycles. The molecule has 1 unspecified atom stereocenters. The van der Waals surface area contributed by atoms with Crippen LogP contribution in [0.1, 0.15) is 54.0 Å².